The van der Waals surface area contributed by atoms with E-state index in [4.69, 9.17) is 0 Å². The predicted molar refractivity (Wildman–Crippen MR) is 79.9 cm³/mol. The van der Waals surface area contributed by atoms with Gasteiger partial charge in [-0.3, -0.25) is 0 Å². The molecule has 0 saturated carbocycles. The van der Waals surface area contributed by atoms with Gasteiger partial charge in [-0.25, -0.2) is 13.1 Å². The third-order valence-electron chi connectivity index (χ3n) is 3.46. The first kappa shape index (κ1) is 15.0. The molecule has 0 spiro atoms. The molecule has 2 unspecified atom stereocenters. The summed E-state index contributed by atoms with van der Waals surface area (Å²) in [5, 5.41) is 4.87. The minimum absolute atomic E-state index is 0.0723. The highest BCUT2D eigenvalue weighted by Gasteiger charge is 2.29. The fourth-order valence-electron chi connectivity index (χ4n) is 2.42. The molecule has 2 atom stereocenters. The van der Waals surface area contributed by atoms with Crippen molar-refractivity contribution in [2.75, 3.05) is 13.1 Å². The van der Waals surface area contributed by atoms with Gasteiger partial charge in [-0.05, 0) is 37.3 Å². The lowest BCUT2D eigenvalue weighted by atomic mass is 10.1. The highest BCUT2D eigenvalue weighted by Crippen LogP contribution is 2.25. The van der Waals surface area contributed by atoms with E-state index in [0.717, 1.165) is 37.1 Å². The van der Waals surface area contributed by atoms with Crippen LogP contribution < -0.4 is 10.0 Å². The zero-order valence-corrected chi connectivity index (χ0v) is 12.9. The van der Waals surface area contributed by atoms with Gasteiger partial charge >= 0.3 is 0 Å². The Morgan fingerprint density at radius 2 is 2.42 bits per heavy atom. The molecule has 4 nitrogen and oxygen atoms in total. The van der Waals surface area contributed by atoms with E-state index in [0.29, 0.717) is 6.54 Å². The second kappa shape index (κ2) is 6.83. The van der Waals surface area contributed by atoms with Gasteiger partial charge in [0, 0.05) is 11.4 Å². The Morgan fingerprint density at radius 3 is 3.00 bits per heavy atom. The standard InChI is InChI=1S/C13H22N2O2S2/c1-2-5-12(13-7-4-9-18-13)15-19(16,17)11-6-3-8-14-10-11/h4,7,9,11-12,14-15H,2-3,5-6,8,10H2,1H3. The Labute approximate surface area is 119 Å². The van der Waals surface area contributed by atoms with Gasteiger partial charge in [-0.2, -0.15) is 0 Å². The molecule has 0 amide bonds. The molecular weight excluding hydrogens is 280 g/mol. The van der Waals surface area contributed by atoms with Gasteiger partial charge in [0.05, 0.1) is 11.3 Å². The molecule has 0 aliphatic carbocycles. The monoisotopic (exact) mass is 302 g/mol. The third kappa shape index (κ3) is 4.02. The Hall–Kier alpha value is -0.430. The first-order chi connectivity index (χ1) is 9.13. The zero-order valence-electron chi connectivity index (χ0n) is 11.3. The van der Waals surface area contributed by atoms with Crippen LogP contribution in [0.25, 0.3) is 0 Å². The van der Waals surface area contributed by atoms with E-state index in [9.17, 15) is 8.42 Å². The molecular formula is C13H22N2O2S2. The van der Waals surface area contributed by atoms with E-state index in [1.807, 2.05) is 17.5 Å². The summed E-state index contributed by atoms with van der Waals surface area (Å²) < 4.78 is 27.7. The molecule has 1 aromatic heterocycles. The molecule has 1 aliphatic rings. The predicted octanol–water partition coefficient (Wildman–Crippen LogP) is 2.26. The summed E-state index contributed by atoms with van der Waals surface area (Å²) in [4.78, 5) is 1.11. The summed E-state index contributed by atoms with van der Waals surface area (Å²) >= 11 is 1.62. The van der Waals surface area contributed by atoms with Crippen molar-refractivity contribution in [2.45, 2.75) is 43.9 Å². The van der Waals surface area contributed by atoms with Crippen molar-refractivity contribution in [1.29, 1.82) is 0 Å². The fraction of sp³-hybridized carbons (Fsp3) is 0.692. The summed E-state index contributed by atoms with van der Waals surface area (Å²) in [6.07, 6.45) is 3.50. The molecule has 6 heteroatoms. The van der Waals surface area contributed by atoms with E-state index in [-0.39, 0.29) is 11.3 Å². The van der Waals surface area contributed by atoms with Gasteiger partial charge < -0.3 is 5.32 Å². The molecule has 2 rings (SSSR count). The molecule has 1 saturated heterocycles. The summed E-state index contributed by atoms with van der Waals surface area (Å²) in [5.74, 6) is 0. The Kier molecular flexibility index (Phi) is 5.38. The van der Waals surface area contributed by atoms with Gasteiger partial charge in [0.2, 0.25) is 10.0 Å². The molecule has 0 radical (unpaired) electrons. The van der Waals surface area contributed by atoms with Crippen LogP contribution in [0.3, 0.4) is 0 Å². The van der Waals surface area contributed by atoms with Crippen molar-refractivity contribution in [3.63, 3.8) is 0 Å². The maximum Gasteiger partial charge on any atom is 0.216 e. The van der Waals surface area contributed by atoms with Crippen LogP contribution in [-0.4, -0.2) is 26.8 Å². The van der Waals surface area contributed by atoms with Crippen LogP contribution in [0, 0.1) is 0 Å². The average molecular weight is 302 g/mol. The smallest absolute Gasteiger partial charge is 0.216 e. The third-order valence-corrected chi connectivity index (χ3v) is 6.34. The Bertz CT molecular complexity index is 465. The molecule has 2 N–H and O–H groups in total. The summed E-state index contributed by atoms with van der Waals surface area (Å²) in [5.41, 5.74) is 0. The first-order valence-corrected chi connectivity index (χ1v) is 9.31. The lowest BCUT2D eigenvalue weighted by molar-refractivity contribution is 0.478. The van der Waals surface area contributed by atoms with Crippen LogP contribution in [0.2, 0.25) is 0 Å². The molecule has 1 aromatic rings. The van der Waals surface area contributed by atoms with Crippen LogP contribution in [0.15, 0.2) is 17.5 Å². The summed E-state index contributed by atoms with van der Waals surface area (Å²) in [6, 6.07) is 3.91. The number of hydrogen-bond acceptors (Lipinski definition) is 4. The van der Waals surface area contributed by atoms with Gasteiger partial charge in [0.15, 0.2) is 0 Å². The zero-order chi connectivity index (χ0) is 13.7. The second-order valence-corrected chi connectivity index (χ2v) is 7.96. The molecule has 108 valence electrons. The number of rotatable bonds is 6. The van der Waals surface area contributed by atoms with E-state index in [1.165, 1.54) is 0 Å². The van der Waals surface area contributed by atoms with Crippen molar-refractivity contribution in [3.8, 4) is 0 Å². The van der Waals surface area contributed by atoms with Crippen molar-refractivity contribution < 1.29 is 8.42 Å². The van der Waals surface area contributed by atoms with Gasteiger partial charge in [0.1, 0.15) is 0 Å². The maximum atomic E-state index is 12.4. The van der Waals surface area contributed by atoms with Crippen molar-refractivity contribution >= 4 is 21.4 Å². The largest absolute Gasteiger partial charge is 0.315 e. The molecule has 0 aromatic carbocycles. The minimum Gasteiger partial charge on any atom is -0.315 e. The van der Waals surface area contributed by atoms with Crippen LogP contribution in [-0.2, 0) is 10.0 Å². The lowest BCUT2D eigenvalue weighted by Crippen LogP contribution is -2.45. The van der Waals surface area contributed by atoms with E-state index in [1.54, 1.807) is 11.3 Å². The summed E-state index contributed by atoms with van der Waals surface area (Å²) in [7, 11) is -3.24. The summed E-state index contributed by atoms with van der Waals surface area (Å²) in [6.45, 7) is 3.57. The minimum atomic E-state index is -3.24. The van der Waals surface area contributed by atoms with Crippen molar-refractivity contribution in [3.05, 3.63) is 22.4 Å². The van der Waals surface area contributed by atoms with E-state index < -0.39 is 10.0 Å². The molecule has 1 aliphatic heterocycles. The highest BCUT2D eigenvalue weighted by molar-refractivity contribution is 7.90. The quantitative estimate of drug-likeness (QED) is 0.847. The highest BCUT2D eigenvalue weighted by atomic mass is 32.2. The number of sulfonamides is 1. The van der Waals surface area contributed by atoms with Crippen LogP contribution >= 0.6 is 11.3 Å². The van der Waals surface area contributed by atoms with Crippen molar-refractivity contribution in [1.82, 2.24) is 10.0 Å². The van der Waals surface area contributed by atoms with Gasteiger partial charge in [-0.1, -0.05) is 19.4 Å². The topological polar surface area (TPSA) is 58.2 Å². The van der Waals surface area contributed by atoms with E-state index >= 15 is 0 Å². The Balaban J connectivity index is 2.07. The number of thiophene rings is 1. The number of hydrogen-bond donors (Lipinski definition) is 2. The second-order valence-electron chi connectivity index (χ2n) is 4.99. The maximum absolute atomic E-state index is 12.4. The van der Waals surface area contributed by atoms with Crippen LogP contribution in [0.5, 0.6) is 0 Å². The first-order valence-electron chi connectivity index (χ1n) is 6.88. The molecule has 2 heterocycles. The number of piperidine rings is 1. The SMILES string of the molecule is CCCC(NS(=O)(=O)C1CCCNC1)c1cccs1. The van der Waals surface area contributed by atoms with Crippen LogP contribution in [0.1, 0.15) is 43.5 Å². The Morgan fingerprint density at radius 1 is 1.58 bits per heavy atom. The van der Waals surface area contributed by atoms with Gasteiger partial charge in [0.25, 0.3) is 0 Å². The lowest BCUT2D eigenvalue weighted by Gasteiger charge is -2.26. The fourth-order valence-corrected chi connectivity index (χ4v) is 4.95. The van der Waals surface area contributed by atoms with E-state index in [2.05, 4.69) is 17.0 Å². The normalized spacial score (nSPS) is 22.3. The average Bonchev–Trinajstić information content (AvgIpc) is 2.93. The van der Waals surface area contributed by atoms with Crippen molar-refractivity contribution in [2.24, 2.45) is 0 Å². The van der Waals surface area contributed by atoms with Crippen LogP contribution in [0.4, 0.5) is 0 Å². The molecule has 0 bridgehead atoms. The number of nitrogens with one attached hydrogen (secondary N) is 2. The van der Waals surface area contributed by atoms with Gasteiger partial charge in [-0.15, -0.1) is 11.3 Å². The molecule has 1 fully saturated rings. The molecule has 19 heavy (non-hydrogen) atoms.